The smallest absolute Gasteiger partial charge is 0.237 e. The summed E-state index contributed by atoms with van der Waals surface area (Å²) in [6.45, 7) is 4.46. The van der Waals surface area contributed by atoms with Crippen molar-refractivity contribution < 1.29 is 14.3 Å². The van der Waals surface area contributed by atoms with Gasteiger partial charge >= 0.3 is 0 Å². The van der Waals surface area contributed by atoms with Gasteiger partial charge in [-0.15, -0.1) is 0 Å². The molecule has 0 radical (unpaired) electrons. The molecule has 0 saturated carbocycles. The van der Waals surface area contributed by atoms with Crippen LogP contribution < -0.4 is 15.8 Å². The minimum absolute atomic E-state index is 0.0957. The Bertz CT molecular complexity index is 739. The highest BCUT2D eigenvalue weighted by atomic mass is 16.5. The molecule has 1 saturated heterocycles. The molecule has 3 N–H and O–H groups in total. The highest BCUT2D eigenvalue weighted by Crippen LogP contribution is 2.18. The summed E-state index contributed by atoms with van der Waals surface area (Å²) in [6, 6.07) is 15.6. The van der Waals surface area contributed by atoms with Gasteiger partial charge in [-0.25, -0.2) is 0 Å². The van der Waals surface area contributed by atoms with E-state index >= 15 is 0 Å². The summed E-state index contributed by atoms with van der Waals surface area (Å²) < 4.78 is 11.2. The number of ether oxygens (including phenoxy) is 2. The van der Waals surface area contributed by atoms with Gasteiger partial charge in [-0.1, -0.05) is 42.0 Å². The zero-order valence-corrected chi connectivity index (χ0v) is 15.8. The third-order valence-corrected chi connectivity index (χ3v) is 4.95. The van der Waals surface area contributed by atoms with Crippen molar-refractivity contribution in [2.24, 2.45) is 11.7 Å². The molecule has 3 rings (SSSR count). The summed E-state index contributed by atoms with van der Waals surface area (Å²) in [5, 5.41) is 2.93. The fourth-order valence-corrected chi connectivity index (χ4v) is 3.27. The number of aryl methyl sites for hydroxylation is 1. The van der Waals surface area contributed by atoms with Crippen molar-refractivity contribution in [3.63, 3.8) is 0 Å². The number of nitrogens with two attached hydrogens (primary N) is 1. The lowest BCUT2D eigenvalue weighted by Crippen LogP contribution is -2.46. The van der Waals surface area contributed by atoms with Crippen molar-refractivity contribution in [3.8, 4) is 5.75 Å². The third-order valence-electron chi connectivity index (χ3n) is 4.95. The topological polar surface area (TPSA) is 73.6 Å². The van der Waals surface area contributed by atoms with Crippen LogP contribution >= 0.6 is 0 Å². The van der Waals surface area contributed by atoms with Crippen LogP contribution in [0.2, 0.25) is 0 Å². The SMILES string of the molecule is Cc1cccc(COc2ccc(CNC(=O)C(N)C3CCOCC3)cc2)c1. The van der Waals surface area contributed by atoms with E-state index in [9.17, 15) is 4.79 Å². The number of nitrogens with one attached hydrogen (secondary N) is 1. The van der Waals surface area contributed by atoms with Gasteiger partial charge in [0.1, 0.15) is 12.4 Å². The first-order valence-corrected chi connectivity index (χ1v) is 9.50. The first-order valence-electron chi connectivity index (χ1n) is 9.50. The molecule has 27 heavy (non-hydrogen) atoms. The van der Waals surface area contributed by atoms with Gasteiger partial charge in [-0.05, 0) is 48.9 Å². The lowest BCUT2D eigenvalue weighted by Gasteiger charge is -2.26. The first-order chi connectivity index (χ1) is 13.1. The minimum Gasteiger partial charge on any atom is -0.489 e. The lowest BCUT2D eigenvalue weighted by molar-refractivity contribution is -0.124. The quantitative estimate of drug-likeness (QED) is 0.788. The second-order valence-corrected chi connectivity index (χ2v) is 7.12. The molecule has 1 aliphatic rings. The minimum atomic E-state index is -0.467. The predicted octanol–water partition coefficient (Wildman–Crippen LogP) is 2.94. The summed E-state index contributed by atoms with van der Waals surface area (Å²) in [6.07, 6.45) is 1.70. The maximum absolute atomic E-state index is 12.3. The molecule has 1 aliphatic heterocycles. The molecule has 0 spiro atoms. The van der Waals surface area contributed by atoms with Gasteiger partial charge in [0.2, 0.25) is 5.91 Å². The van der Waals surface area contributed by atoms with Crippen LogP contribution in [0.25, 0.3) is 0 Å². The molecule has 144 valence electrons. The van der Waals surface area contributed by atoms with Gasteiger partial charge in [-0.2, -0.15) is 0 Å². The fourth-order valence-electron chi connectivity index (χ4n) is 3.27. The Labute approximate surface area is 160 Å². The maximum atomic E-state index is 12.3. The average molecular weight is 368 g/mol. The van der Waals surface area contributed by atoms with E-state index in [2.05, 4.69) is 30.4 Å². The Kier molecular flexibility index (Phi) is 6.85. The number of amides is 1. The molecule has 0 aromatic heterocycles. The van der Waals surface area contributed by atoms with E-state index in [1.807, 2.05) is 30.3 Å². The Balaban J connectivity index is 1.45. The Hall–Kier alpha value is -2.37. The van der Waals surface area contributed by atoms with Gasteiger partial charge in [0.25, 0.3) is 0 Å². The van der Waals surface area contributed by atoms with Crippen molar-refractivity contribution in [1.29, 1.82) is 0 Å². The van der Waals surface area contributed by atoms with E-state index in [1.54, 1.807) is 0 Å². The van der Waals surface area contributed by atoms with E-state index in [4.69, 9.17) is 15.2 Å². The Morgan fingerprint density at radius 2 is 1.93 bits per heavy atom. The van der Waals surface area contributed by atoms with Gasteiger partial charge < -0.3 is 20.5 Å². The van der Waals surface area contributed by atoms with Gasteiger partial charge in [0.15, 0.2) is 0 Å². The van der Waals surface area contributed by atoms with Crippen LogP contribution in [-0.2, 0) is 22.7 Å². The predicted molar refractivity (Wildman–Crippen MR) is 105 cm³/mol. The van der Waals surface area contributed by atoms with Crippen molar-refractivity contribution in [2.75, 3.05) is 13.2 Å². The molecular formula is C22H28N2O3. The zero-order valence-electron chi connectivity index (χ0n) is 15.8. The molecule has 0 bridgehead atoms. The summed E-state index contributed by atoms with van der Waals surface area (Å²) in [4.78, 5) is 12.3. The summed E-state index contributed by atoms with van der Waals surface area (Å²) in [5.41, 5.74) is 9.49. The summed E-state index contributed by atoms with van der Waals surface area (Å²) in [5.74, 6) is 0.920. The van der Waals surface area contributed by atoms with Gasteiger partial charge in [-0.3, -0.25) is 4.79 Å². The van der Waals surface area contributed by atoms with Crippen molar-refractivity contribution in [1.82, 2.24) is 5.32 Å². The number of rotatable bonds is 7. The molecule has 1 amide bonds. The summed E-state index contributed by atoms with van der Waals surface area (Å²) >= 11 is 0. The van der Waals surface area contributed by atoms with Crippen LogP contribution in [-0.4, -0.2) is 25.2 Å². The average Bonchev–Trinajstić information content (AvgIpc) is 2.71. The molecule has 1 unspecified atom stereocenters. The highest BCUT2D eigenvalue weighted by molar-refractivity contribution is 5.81. The first kappa shape index (κ1) is 19.4. The molecule has 5 nitrogen and oxygen atoms in total. The number of carbonyl (C=O) groups excluding carboxylic acids is 1. The molecule has 5 heteroatoms. The van der Waals surface area contributed by atoms with E-state index in [0.29, 0.717) is 26.4 Å². The molecular weight excluding hydrogens is 340 g/mol. The van der Waals surface area contributed by atoms with Gasteiger partial charge in [0, 0.05) is 19.8 Å². The van der Waals surface area contributed by atoms with Crippen molar-refractivity contribution >= 4 is 5.91 Å². The van der Waals surface area contributed by atoms with E-state index in [1.165, 1.54) is 5.56 Å². The Morgan fingerprint density at radius 1 is 1.19 bits per heavy atom. The summed E-state index contributed by atoms with van der Waals surface area (Å²) in [7, 11) is 0. The third kappa shape index (κ3) is 5.81. The molecule has 1 fully saturated rings. The molecule has 1 heterocycles. The van der Waals surface area contributed by atoms with Crippen LogP contribution in [0, 0.1) is 12.8 Å². The van der Waals surface area contributed by atoms with E-state index < -0.39 is 6.04 Å². The number of hydrogen-bond donors (Lipinski definition) is 2. The zero-order chi connectivity index (χ0) is 19.1. The van der Waals surface area contributed by atoms with Crippen LogP contribution in [0.3, 0.4) is 0 Å². The highest BCUT2D eigenvalue weighted by Gasteiger charge is 2.26. The van der Waals surface area contributed by atoms with Crippen LogP contribution in [0.15, 0.2) is 48.5 Å². The molecule has 2 aromatic carbocycles. The molecule has 0 aliphatic carbocycles. The number of benzene rings is 2. The molecule has 1 atom stereocenters. The van der Waals surface area contributed by atoms with Gasteiger partial charge in [0.05, 0.1) is 6.04 Å². The van der Waals surface area contributed by atoms with Crippen LogP contribution in [0.5, 0.6) is 5.75 Å². The number of carbonyl (C=O) groups is 1. The normalized spacial score (nSPS) is 15.9. The maximum Gasteiger partial charge on any atom is 0.237 e. The standard InChI is InChI=1S/C22H28N2O3/c1-16-3-2-4-18(13-16)15-27-20-7-5-17(6-8-20)14-24-22(25)21(23)19-9-11-26-12-10-19/h2-8,13,19,21H,9-12,14-15,23H2,1H3,(H,24,25). The fraction of sp³-hybridized carbons (Fsp3) is 0.409. The largest absolute Gasteiger partial charge is 0.489 e. The van der Waals surface area contributed by atoms with Crippen molar-refractivity contribution in [2.45, 2.75) is 39.0 Å². The van der Waals surface area contributed by atoms with E-state index in [-0.39, 0.29) is 11.8 Å². The Morgan fingerprint density at radius 3 is 2.63 bits per heavy atom. The second kappa shape index (κ2) is 9.53. The second-order valence-electron chi connectivity index (χ2n) is 7.12. The molecule has 2 aromatic rings. The van der Waals surface area contributed by atoms with Crippen molar-refractivity contribution in [3.05, 3.63) is 65.2 Å². The van der Waals surface area contributed by atoms with Crippen LogP contribution in [0.1, 0.15) is 29.5 Å². The number of hydrogen-bond acceptors (Lipinski definition) is 4. The van der Waals surface area contributed by atoms with Crippen LogP contribution in [0.4, 0.5) is 0 Å². The lowest BCUT2D eigenvalue weighted by atomic mass is 9.92. The van der Waals surface area contributed by atoms with E-state index in [0.717, 1.165) is 29.7 Å². The monoisotopic (exact) mass is 368 g/mol.